The van der Waals surface area contributed by atoms with Gasteiger partial charge in [0, 0.05) is 5.92 Å². The first-order valence-electron chi connectivity index (χ1n) is 30.2. The molecule has 14 N–H and O–H groups in total. The van der Waals surface area contributed by atoms with Crippen LogP contribution in [0.5, 0.6) is 0 Å². The van der Waals surface area contributed by atoms with Gasteiger partial charge in [-0.25, -0.2) is 0 Å². The molecule has 4 heterocycles. The van der Waals surface area contributed by atoms with E-state index in [1.165, 1.54) is 12.5 Å². The van der Waals surface area contributed by atoms with E-state index in [4.69, 9.17) is 42.6 Å². The van der Waals surface area contributed by atoms with Gasteiger partial charge < -0.3 is 114 Å². The molecule has 10 aliphatic rings. The molecule has 83 heavy (non-hydrogen) atoms. The number of hydrogen-bond donors (Lipinski definition) is 14. The molecule has 24 nitrogen and oxygen atoms in total. The first kappa shape index (κ1) is 64.1. The van der Waals surface area contributed by atoms with E-state index in [1.807, 2.05) is 0 Å². The van der Waals surface area contributed by atoms with E-state index < -0.39 is 177 Å². The predicted molar refractivity (Wildman–Crippen MR) is 285 cm³/mol. The maximum atomic E-state index is 15.1. The van der Waals surface area contributed by atoms with Gasteiger partial charge in [-0.1, -0.05) is 65.3 Å². The summed E-state index contributed by atoms with van der Waals surface area (Å²) >= 11 is 0. The molecule has 0 spiro atoms. The van der Waals surface area contributed by atoms with Crippen molar-refractivity contribution in [3.63, 3.8) is 0 Å². The Morgan fingerprint density at radius 1 is 0.639 bits per heavy atom. The Morgan fingerprint density at radius 2 is 1.30 bits per heavy atom. The van der Waals surface area contributed by atoms with Gasteiger partial charge >= 0.3 is 5.97 Å². The Hall–Kier alpha value is -1.93. The van der Waals surface area contributed by atoms with Crippen molar-refractivity contribution in [2.75, 3.05) is 19.8 Å². The van der Waals surface area contributed by atoms with Gasteiger partial charge in [0.15, 0.2) is 18.9 Å². The molecule has 5 saturated carbocycles. The smallest absolute Gasteiger partial charge is 0.315 e. The average Bonchev–Trinajstić information content (AvgIpc) is 0.778. The van der Waals surface area contributed by atoms with E-state index in [2.05, 4.69) is 47.3 Å². The van der Waals surface area contributed by atoms with Gasteiger partial charge in [-0.3, -0.25) is 4.79 Å². The Balaban J connectivity index is 0.815. The van der Waals surface area contributed by atoms with E-state index in [-0.39, 0.29) is 53.1 Å². The second-order valence-electron chi connectivity index (χ2n) is 27.8. The van der Waals surface area contributed by atoms with Crippen LogP contribution in [0.25, 0.3) is 0 Å². The molecule has 6 aliphatic carbocycles. The van der Waals surface area contributed by atoms with Crippen LogP contribution in [-0.4, -0.2) is 245 Å². The molecule has 32 atom stereocenters. The second kappa shape index (κ2) is 23.8. The van der Waals surface area contributed by atoms with Crippen molar-refractivity contribution in [3.05, 3.63) is 23.8 Å². The van der Waals surface area contributed by atoms with Crippen LogP contribution in [0.3, 0.4) is 0 Å². The normalized spacial score (nSPS) is 54.5. The fourth-order valence-corrected chi connectivity index (χ4v) is 17.5. The van der Waals surface area contributed by atoms with E-state index in [0.717, 1.165) is 31.3 Å². The molecule has 4 aliphatic heterocycles. The van der Waals surface area contributed by atoms with Crippen LogP contribution in [0.1, 0.15) is 119 Å². The summed E-state index contributed by atoms with van der Waals surface area (Å²) in [6, 6.07) is 0. The number of ether oxygens (including phenoxy) is 9. The third kappa shape index (κ3) is 10.7. The van der Waals surface area contributed by atoms with Crippen LogP contribution in [0.15, 0.2) is 23.8 Å². The lowest BCUT2D eigenvalue weighted by atomic mass is 9.34. The third-order valence-corrected chi connectivity index (χ3v) is 23.0. The average molecular weight is 1190 g/mol. The minimum atomic E-state index is -1.89. The van der Waals surface area contributed by atoms with Crippen LogP contribution in [-0.2, 0) is 47.4 Å². The largest absolute Gasteiger partial charge is 0.432 e. The number of aliphatic hydroxyl groups is 14. The number of hydrogen-bond acceptors (Lipinski definition) is 24. The van der Waals surface area contributed by atoms with Crippen LogP contribution in [0, 0.1) is 50.7 Å². The molecule has 0 aromatic heterocycles. The minimum Gasteiger partial charge on any atom is -0.432 e. The molecular weight excluding hydrogens is 1090 g/mol. The third-order valence-electron chi connectivity index (χ3n) is 23.0. The Morgan fingerprint density at radius 3 is 2.01 bits per heavy atom. The zero-order valence-electron chi connectivity index (χ0n) is 48.7. The van der Waals surface area contributed by atoms with Crippen LogP contribution in [0.2, 0.25) is 0 Å². The molecule has 24 heteroatoms. The van der Waals surface area contributed by atoms with Gasteiger partial charge in [-0.05, 0) is 117 Å². The quantitative estimate of drug-likeness (QED) is 0.0612. The van der Waals surface area contributed by atoms with Crippen molar-refractivity contribution in [1.82, 2.24) is 0 Å². The number of esters is 1. The predicted octanol–water partition coefficient (Wildman–Crippen LogP) is -1.32. The van der Waals surface area contributed by atoms with Gasteiger partial charge in [0.2, 0.25) is 6.29 Å². The highest BCUT2D eigenvalue weighted by Gasteiger charge is 2.70. The number of rotatable bonds is 12. The fraction of sp³-hybridized carbons (Fsp3) is 0.915. The van der Waals surface area contributed by atoms with Crippen molar-refractivity contribution in [3.8, 4) is 0 Å². The lowest BCUT2D eigenvalue weighted by molar-refractivity contribution is -0.361. The molecule has 0 amide bonds. The Kier molecular flexibility index (Phi) is 18.4. The van der Waals surface area contributed by atoms with E-state index in [0.29, 0.717) is 38.5 Å². The minimum absolute atomic E-state index is 0.160. The van der Waals surface area contributed by atoms with Gasteiger partial charge in [0.05, 0.1) is 49.7 Å². The Bertz CT molecular complexity index is 2340. The van der Waals surface area contributed by atoms with Crippen molar-refractivity contribution in [2.45, 2.75) is 266 Å². The molecule has 0 bridgehead atoms. The summed E-state index contributed by atoms with van der Waals surface area (Å²) in [5.41, 5.74) is -0.0166. The molecule has 10 rings (SSSR count). The van der Waals surface area contributed by atoms with Gasteiger partial charge in [0.1, 0.15) is 97.7 Å². The van der Waals surface area contributed by atoms with E-state index in [9.17, 15) is 71.5 Å². The summed E-state index contributed by atoms with van der Waals surface area (Å²) in [5.74, 6) is -0.923. The number of carbonyl (C=O) groups excluding carboxylic acids is 1. The second-order valence-corrected chi connectivity index (χ2v) is 27.8. The number of allylic oxidation sites excluding steroid dienone is 3. The molecule has 4 saturated heterocycles. The zero-order valence-corrected chi connectivity index (χ0v) is 48.7. The summed E-state index contributed by atoms with van der Waals surface area (Å²) in [6.45, 7) is 17.6. The molecular formula is C59H94O24. The maximum Gasteiger partial charge on any atom is 0.315 e. The monoisotopic (exact) mass is 1190 g/mol. The Labute approximate surface area is 484 Å². The first-order valence-corrected chi connectivity index (χ1v) is 30.2. The van der Waals surface area contributed by atoms with Crippen LogP contribution >= 0.6 is 0 Å². The highest BCUT2D eigenvalue weighted by atomic mass is 16.8. The number of aliphatic hydroxyl groups excluding tert-OH is 14. The summed E-state index contributed by atoms with van der Waals surface area (Å²) < 4.78 is 54.1. The molecule has 0 aromatic rings. The molecule has 0 aromatic carbocycles. The first-order chi connectivity index (χ1) is 38.9. The highest BCUT2D eigenvalue weighted by molar-refractivity contribution is 5.79. The van der Waals surface area contributed by atoms with Gasteiger partial charge in [-0.15, -0.1) is 0 Å². The molecule has 474 valence electrons. The van der Waals surface area contributed by atoms with Crippen molar-refractivity contribution < 1.29 is 119 Å². The fourth-order valence-electron chi connectivity index (χ4n) is 17.5. The van der Waals surface area contributed by atoms with E-state index in [1.54, 1.807) is 6.92 Å². The lowest BCUT2D eigenvalue weighted by Gasteiger charge is -2.71. The summed E-state index contributed by atoms with van der Waals surface area (Å²) in [4.78, 5) is 15.1. The maximum absolute atomic E-state index is 15.1. The van der Waals surface area contributed by atoms with E-state index >= 15 is 4.79 Å². The number of fused-ring (bicyclic) bond motifs is 7. The van der Waals surface area contributed by atoms with Crippen molar-refractivity contribution in [2.24, 2.45) is 50.7 Å². The van der Waals surface area contributed by atoms with Crippen molar-refractivity contribution >= 4 is 5.97 Å². The van der Waals surface area contributed by atoms with Crippen molar-refractivity contribution in [1.29, 1.82) is 0 Å². The van der Waals surface area contributed by atoms with Crippen LogP contribution in [0.4, 0.5) is 0 Å². The molecule has 9 fully saturated rings. The molecule has 0 radical (unpaired) electrons. The standard InChI is InChI=1S/C59H94O24/c1-24-11-16-59(54(74)83-52-46(72)43(69)40(66)32(80-52)23-76-50-47(73)44(70)48(31(21-60)79-50)82-51-45(71)42(68)37(63)26(3)77-51)18-17-57(7)27(28(59)19-24)9-10-34-56(6)14-13-35(55(4,5)33(56)12-15-58(34,57)8)81-53-49(38(64)29(61)22-75-53)78-30-20-25(2)36(62)41(67)39(30)65/h9,25-26,28-53,60-73H,1,10-23H2,2-8H3/t25-,26+,28+,29+,30-,31-,32-,33+,34+,35+,36+,37+,38+,39+,40-,41-,42-,43+,44-,45-,46-,47-,48-,49-,50-,51+,52+,53+,56+,57-,58-,59+/m1/s1. The SMILES string of the molecule is C=C1CC[C@]2(C(=O)O[C@@H]3O[C@H](CO[C@@H]4O[C@H](CO)[C@@H](O[C@@H]5O[C@@H](C)[C@H](O)[C@@H](O)[C@H]5O)[C@H](O)[C@H]4O)[C@@H](O)[C@H](O)[C@H]3O)CC[C@]3(C)C(=CC[C@H]4[C@@]5(C)CC[C@H](O[C@@H]6OC[C@H](O)[C@H](O)[C@H]6O[C@@H]6C[C@@H](C)[C@H](O)[C@@H](O)[C@H]6O)C(C)(C)[C@@H]5CC[C@]43C)[C@@H]2C1. The lowest BCUT2D eigenvalue weighted by Crippen LogP contribution is -2.66. The summed E-state index contributed by atoms with van der Waals surface area (Å²) in [6.07, 6.45) is -25.8. The topological polar surface area (TPSA) is 383 Å². The zero-order chi connectivity index (χ0) is 60.4. The van der Waals surface area contributed by atoms with Crippen LogP contribution < -0.4 is 0 Å². The van der Waals surface area contributed by atoms with Gasteiger partial charge in [-0.2, -0.15) is 0 Å². The molecule has 0 unspecified atom stereocenters. The van der Waals surface area contributed by atoms with Gasteiger partial charge in [0.25, 0.3) is 0 Å². The number of carbonyl (C=O) groups is 1. The highest BCUT2D eigenvalue weighted by Crippen LogP contribution is 2.75. The summed E-state index contributed by atoms with van der Waals surface area (Å²) in [5, 5.41) is 151. The summed E-state index contributed by atoms with van der Waals surface area (Å²) in [7, 11) is 0.